The van der Waals surface area contributed by atoms with Crippen LogP contribution >= 0.6 is 0 Å². The first-order valence-corrected chi connectivity index (χ1v) is 7.81. The third-order valence-corrected chi connectivity index (χ3v) is 3.67. The molecule has 1 aliphatic heterocycles. The zero-order valence-corrected chi connectivity index (χ0v) is 14.1. The molecule has 0 bridgehead atoms. The normalized spacial score (nSPS) is 18.4. The van der Waals surface area contributed by atoms with Crippen molar-refractivity contribution in [3.8, 4) is 5.75 Å². The van der Waals surface area contributed by atoms with E-state index in [9.17, 15) is 18.0 Å². The molecule has 1 amide bonds. The number of amides is 1. The van der Waals surface area contributed by atoms with E-state index in [0.717, 1.165) is 0 Å². The van der Waals surface area contributed by atoms with Gasteiger partial charge in [-0.15, -0.1) is 13.2 Å². The summed E-state index contributed by atoms with van der Waals surface area (Å²) in [6.45, 7) is 5.35. The highest BCUT2D eigenvalue weighted by Gasteiger charge is 2.31. The molecule has 0 spiro atoms. The van der Waals surface area contributed by atoms with Crippen LogP contribution in [0, 0.1) is 5.92 Å². The molecule has 0 saturated carbocycles. The van der Waals surface area contributed by atoms with Gasteiger partial charge in [-0.05, 0) is 30.7 Å². The Morgan fingerprint density at radius 2 is 2.04 bits per heavy atom. The smallest absolute Gasteiger partial charge is 0.406 e. The fourth-order valence-corrected chi connectivity index (χ4v) is 2.32. The summed E-state index contributed by atoms with van der Waals surface area (Å²) in [7, 11) is 0. The van der Waals surface area contributed by atoms with Gasteiger partial charge in [-0.3, -0.25) is 4.79 Å². The third kappa shape index (κ3) is 5.23. The van der Waals surface area contributed by atoms with E-state index in [1.54, 1.807) is 43.3 Å². The van der Waals surface area contributed by atoms with Crippen molar-refractivity contribution in [2.24, 2.45) is 10.9 Å². The molecule has 1 aromatic carbocycles. The minimum absolute atomic E-state index is 0.163. The predicted octanol–water partition coefficient (Wildman–Crippen LogP) is 3.60. The van der Waals surface area contributed by atoms with Crippen LogP contribution in [0.1, 0.15) is 32.4 Å². The minimum atomic E-state index is -4.75. The molecule has 0 saturated heterocycles. The SMILES string of the molecule is CC(C)C(=O)NC1N=CC=CN1C(C)c1cccc(OC(F)(F)F)c1. The van der Waals surface area contributed by atoms with Crippen LogP contribution in [0.4, 0.5) is 13.2 Å². The van der Waals surface area contributed by atoms with Gasteiger partial charge in [0.2, 0.25) is 5.91 Å². The lowest BCUT2D eigenvalue weighted by molar-refractivity contribution is -0.274. The van der Waals surface area contributed by atoms with Crippen molar-refractivity contribution >= 4 is 12.1 Å². The highest BCUT2D eigenvalue weighted by Crippen LogP contribution is 2.29. The zero-order chi connectivity index (χ0) is 18.6. The number of hydrogen-bond donors (Lipinski definition) is 1. The second-order valence-electron chi connectivity index (χ2n) is 5.92. The van der Waals surface area contributed by atoms with Gasteiger partial charge in [0, 0.05) is 18.3 Å². The fourth-order valence-electron chi connectivity index (χ4n) is 2.32. The Bertz CT molecular complexity index is 671. The number of hydrogen-bond acceptors (Lipinski definition) is 4. The van der Waals surface area contributed by atoms with Crippen molar-refractivity contribution in [2.75, 3.05) is 0 Å². The largest absolute Gasteiger partial charge is 0.573 e. The Labute approximate surface area is 144 Å². The molecule has 0 fully saturated rings. The first-order chi connectivity index (χ1) is 11.7. The quantitative estimate of drug-likeness (QED) is 0.878. The van der Waals surface area contributed by atoms with Gasteiger partial charge < -0.3 is 15.0 Å². The summed E-state index contributed by atoms with van der Waals surface area (Å²) in [5.41, 5.74) is 0.604. The van der Waals surface area contributed by atoms with Crippen LogP contribution < -0.4 is 10.1 Å². The van der Waals surface area contributed by atoms with Crippen LogP contribution in [0.15, 0.2) is 41.5 Å². The third-order valence-electron chi connectivity index (χ3n) is 3.67. The number of nitrogens with one attached hydrogen (secondary N) is 1. The number of carbonyl (C=O) groups excluding carboxylic acids is 1. The molecule has 0 aromatic heterocycles. The molecule has 1 heterocycles. The number of benzene rings is 1. The van der Waals surface area contributed by atoms with Crippen LogP contribution in [-0.2, 0) is 4.79 Å². The molecule has 0 radical (unpaired) electrons. The number of ether oxygens (including phenoxy) is 1. The molecule has 8 heteroatoms. The molecule has 25 heavy (non-hydrogen) atoms. The Kier molecular flexibility index (Phi) is 5.71. The van der Waals surface area contributed by atoms with Crippen LogP contribution in [-0.4, -0.2) is 29.7 Å². The standard InChI is InChI=1S/C17H20F3N3O2/c1-11(2)15(24)22-16-21-8-5-9-23(16)12(3)13-6-4-7-14(10-13)25-17(18,19)20/h4-12,16H,1-3H3,(H,22,24). The van der Waals surface area contributed by atoms with E-state index in [2.05, 4.69) is 15.0 Å². The van der Waals surface area contributed by atoms with Crippen molar-refractivity contribution in [1.82, 2.24) is 10.2 Å². The Morgan fingerprint density at radius 1 is 1.32 bits per heavy atom. The van der Waals surface area contributed by atoms with Crippen molar-refractivity contribution in [3.63, 3.8) is 0 Å². The maximum atomic E-state index is 12.4. The number of alkyl halides is 3. The second-order valence-corrected chi connectivity index (χ2v) is 5.92. The van der Waals surface area contributed by atoms with Gasteiger partial charge in [0.15, 0.2) is 6.29 Å². The van der Waals surface area contributed by atoms with Gasteiger partial charge in [0.05, 0.1) is 6.04 Å². The first kappa shape index (κ1) is 18.8. The van der Waals surface area contributed by atoms with E-state index in [1.165, 1.54) is 18.2 Å². The summed E-state index contributed by atoms with van der Waals surface area (Å²) in [4.78, 5) is 17.9. The van der Waals surface area contributed by atoms with Crippen LogP contribution in [0.2, 0.25) is 0 Å². The molecule has 2 unspecified atom stereocenters. The summed E-state index contributed by atoms with van der Waals surface area (Å²) < 4.78 is 41.2. The van der Waals surface area contributed by atoms with Gasteiger partial charge in [-0.1, -0.05) is 26.0 Å². The molecule has 2 rings (SSSR count). The molecule has 1 N–H and O–H groups in total. The summed E-state index contributed by atoms with van der Waals surface area (Å²) in [6.07, 6.45) is -0.366. The molecule has 1 aromatic rings. The minimum Gasteiger partial charge on any atom is -0.406 e. The number of allylic oxidation sites excluding steroid dienone is 1. The average molecular weight is 355 g/mol. The summed E-state index contributed by atoms with van der Waals surface area (Å²) in [6, 6.07) is 5.42. The number of halogens is 3. The maximum absolute atomic E-state index is 12.4. The Balaban J connectivity index is 2.18. The molecular weight excluding hydrogens is 335 g/mol. The maximum Gasteiger partial charge on any atom is 0.573 e. The van der Waals surface area contributed by atoms with Crippen LogP contribution in [0.25, 0.3) is 0 Å². The number of nitrogens with zero attached hydrogens (tertiary/aromatic N) is 2. The van der Waals surface area contributed by atoms with E-state index in [1.807, 2.05) is 6.92 Å². The van der Waals surface area contributed by atoms with Crippen molar-refractivity contribution in [3.05, 3.63) is 42.1 Å². The summed E-state index contributed by atoms with van der Waals surface area (Å²) in [5, 5.41) is 2.80. The monoisotopic (exact) mass is 355 g/mol. The molecular formula is C17H20F3N3O2. The lowest BCUT2D eigenvalue weighted by atomic mass is 10.1. The highest BCUT2D eigenvalue weighted by atomic mass is 19.4. The van der Waals surface area contributed by atoms with Crippen LogP contribution in [0.5, 0.6) is 5.75 Å². The van der Waals surface area contributed by atoms with E-state index >= 15 is 0 Å². The second kappa shape index (κ2) is 7.58. The molecule has 2 atom stereocenters. The van der Waals surface area contributed by atoms with Crippen molar-refractivity contribution < 1.29 is 22.7 Å². The Morgan fingerprint density at radius 3 is 2.68 bits per heavy atom. The van der Waals surface area contributed by atoms with Crippen molar-refractivity contribution in [2.45, 2.75) is 39.5 Å². The molecule has 5 nitrogen and oxygen atoms in total. The molecule has 0 aliphatic carbocycles. The lowest BCUT2D eigenvalue weighted by Gasteiger charge is -2.35. The summed E-state index contributed by atoms with van der Waals surface area (Å²) >= 11 is 0. The molecule has 136 valence electrons. The Hall–Kier alpha value is -2.51. The molecule has 1 aliphatic rings. The average Bonchev–Trinajstić information content (AvgIpc) is 2.53. The first-order valence-electron chi connectivity index (χ1n) is 7.81. The van der Waals surface area contributed by atoms with E-state index < -0.39 is 12.7 Å². The highest BCUT2D eigenvalue weighted by molar-refractivity contribution is 5.79. The van der Waals surface area contributed by atoms with Gasteiger partial charge in [-0.25, -0.2) is 4.99 Å². The van der Waals surface area contributed by atoms with Gasteiger partial charge in [0.25, 0.3) is 0 Å². The van der Waals surface area contributed by atoms with E-state index in [-0.39, 0.29) is 23.6 Å². The number of aliphatic imine (C=N–C) groups is 1. The van der Waals surface area contributed by atoms with Crippen molar-refractivity contribution in [1.29, 1.82) is 0 Å². The van der Waals surface area contributed by atoms with Gasteiger partial charge >= 0.3 is 6.36 Å². The number of carbonyl (C=O) groups is 1. The predicted molar refractivity (Wildman–Crippen MR) is 87.8 cm³/mol. The zero-order valence-electron chi connectivity index (χ0n) is 14.1. The van der Waals surface area contributed by atoms with Crippen LogP contribution in [0.3, 0.4) is 0 Å². The topological polar surface area (TPSA) is 53.9 Å². The number of rotatable bonds is 5. The fraction of sp³-hybridized carbons (Fsp3) is 0.412. The van der Waals surface area contributed by atoms with Gasteiger partial charge in [0.1, 0.15) is 5.75 Å². The van der Waals surface area contributed by atoms with E-state index in [0.29, 0.717) is 5.56 Å². The van der Waals surface area contributed by atoms with E-state index in [4.69, 9.17) is 0 Å². The summed E-state index contributed by atoms with van der Waals surface area (Å²) in [5.74, 6) is -0.658. The lowest BCUT2D eigenvalue weighted by Crippen LogP contribution is -2.47. The van der Waals surface area contributed by atoms with Gasteiger partial charge in [-0.2, -0.15) is 0 Å².